The molecule has 1 aromatic carbocycles. The average Bonchev–Trinajstić information content (AvgIpc) is 2.30. The molecule has 0 spiro atoms. The number of carbonyl (C=O) groups excluding carboxylic acids is 2. The van der Waals surface area contributed by atoms with Gasteiger partial charge in [0.2, 0.25) is 0 Å². The lowest BCUT2D eigenvalue weighted by Crippen LogP contribution is -2.04. The summed E-state index contributed by atoms with van der Waals surface area (Å²) in [6.07, 6.45) is 2.48. The Bertz CT molecular complexity index is 446. The lowest BCUT2D eigenvalue weighted by Gasteiger charge is -1.98. The number of hydrogen-bond donors (Lipinski definition) is 0. The number of rotatable bonds is 2. The highest BCUT2D eigenvalue weighted by Gasteiger charge is 2.10. The summed E-state index contributed by atoms with van der Waals surface area (Å²) >= 11 is 0. The predicted molar refractivity (Wildman–Crippen MR) is 48.5 cm³/mol. The Labute approximate surface area is 90.2 Å². The minimum atomic E-state index is -0.817. The molecule has 0 heterocycles. The minimum Gasteiger partial charge on any atom is -0.347 e. The zero-order valence-electron chi connectivity index (χ0n) is 7.84. The van der Waals surface area contributed by atoms with Gasteiger partial charge < -0.3 is 9.47 Å². The summed E-state index contributed by atoms with van der Waals surface area (Å²) in [6.45, 7) is 0. The summed E-state index contributed by atoms with van der Waals surface area (Å²) in [5.74, 6) is -1.63. The number of esters is 2. The molecule has 0 unspecified atom stereocenters. The first-order valence-corrected chi connectivity index (χ1v) is 3.99. The van der Waals surface area contributed by atoms with Crippen molar-refractivity contribution >= 4 is 11.9 Å². The maximum absolute atomic E-state index is 11.0. The number of hydrogen-bond acceptors (Lipinski definition) is 6. The van der Waals surface area contributed by atoms with E-state index in [2.05, 4.69) is 9.47 Å². The van der Waals surface area contributed by atoms with Crippen molar-refractivity contribution in [1.82, 2.24) is 0 Å². The molecular weight excluding hydrogens is 212 g/mol. The van der Waals surface area contributed by atoms with Crippen molar-refractivity contribution in [2.75, 3.05) is 0 Å². The zero-order valence-corrected chi connectivity index (χ0v) is 7.84. The van der Waals surface area contributed by atoms with Crippen LogP contribution in [0.25, 0.3) is 0 Å². The normalized spacial score (nSPS) is 8.38. The molecule has 0 saturated carbocycles. The molecule has 0 aromatic heterocycles. The first kappa shape index (κ1) is 11.2. The number of ether oxygens (including phenoxy) is 2. The van der Waals surface area contributed by atoms with Gasteiger partial charge in [-0.05, 0) is 24.3 Å². The van der Waals surface area contributed by atoms with Gasteiger partial charge in [-0.2, -0.15) is 0 Å². The number of nitriles is 2. The van der Waals surface area contributed by atoms with Gasteiger partial charge in [-0.15, -0.1) is 10.5 Å². The fourth-order valence-electron chi connectivity index (χ4n) is 0.943. The zero-order chi connectivity index (χ0) is 12.0. The maximum atomic E-state index is 11.0. The van der Waals surface area contributed by atoms with Gasteiger partial charge in [-0.3, -0.25) is 0 Å². The molecule has 0 aliphatic heterocycles. The van der Waals surface area contributed by atoms with Crippen LogP contribution in [0.5, 0.6) is 0 Å². The Kier molecular flexibility index (Phi) is 3.59. The quantitative estimate of drug-likeness (QED) is 0.539. The van der Waals surface area contributed by atoms with E-state index >= 15 is 0 Å². The van der Waals surface area contributed by atoms with Crippen LogP contribution >= 0.6 is 0 Å². The van der Waals surface area contributed by atoms with Crippen molar-refractivity contribution < 1.29 is 19.1 Å². The summed E-state index contributed by atoms with van der Waals surface area (Å²) in [7, 11) is 0. The molecule has 0 saturated heterocycles. The Hall–Kier alpha value is -2.86. The van der Waals surface area contributed by atoms with E-state index in [0.717, 1.165) is 0 Å². The van der Waals surface area contributed by atoms with Gasteiger partial charge in [0.15, 0.2) is 0 Å². The van der Waals surface area contributed by atoms with Crippen LogP contribution in [-0.2, 0) is 9.47 Å². The van der Waals surface area contributed by atoms with E-state index in [4.69, 9.17) is 10.5 Å². The molecule has 6 heteroatoms. The van der Waals surface area contributed by atoms with Crippen molar-refractivity contribution in [1.29, 1.82) is 10.5 Å². The van der Waals surface area contributed by atoms with E-state index in [0.29, 0.717) is 0 Å². The predicted octanol–water partition coefficient (Wildman–Crippen LogP) is 0.962. The molecular formula is C10H4N2O4. The second-order valence-electron chi connectivity index (χ2n) is 2.54. The topological polar surface area (TPSA) is 100 Å². The lowest BCUT2D eigenvalue weighted by molar-refractivity contribution is 0.0670. The third kappa shape index (κ3) is 2.56. The first-order valence-electron chi connectivity index (χ1n) is 3.99. The third-order valence-electron chi connectivity index (χ3n) is 1.63. The number of nitrogens with zero attached hydrogens (tertiary/aromatic N) is 2. The largest absolute Gasteiger partial charge is 0.353 e. The van der Waals surface area contributed by atoms with E-state index in [9.17, 15) is 9.59 Å². The van der Waals surface area contributed by atoms with Crippen LogP contribution in [0, 0.1) is 23.0 Å². The molecule has 78 valence electrons. The summed E-state index contributed by atoms with van der Waals surface area (Å²) in [5, 5.41) is 16.2. The fraction of sp³-hybridized carbons (Fsp3) is 0. The molecule has 6 nitrogen and oxygen atoms in total. The molecule has 1 aromatic rings. The van der Waals surface area contributed by atoms with Crippen LogP contribution in [-0.4, -0.2) is 11.9 Å². The van der Waals surface area contributed by atoms with E-state index in [1.54, 1.807) is 0 Å². The highest BCUT2D eigenvalue weighted by atomic mass is 16.5. The molecule has 0 aliphatic carbocycles. The second-order valence-corrected chi connectivity index (χ2v) is 2.54. The standard InChI is InChI=1S/C10H4N2O4/c11-5-15-9(13)7-1-2-8(4-3-7)10(14)16-6-12/h1-4H. The first-order chi connectivity index (χ1) is 7.69. The average molecular weight is 216 g/mol. The molecule has 1 rings (SSSR count). The van der Waals surface area contributed by atoms with Crippen LogP contribution in [0.15, 0.2) is 24.3 Å². The van der Waals surface area contributed by atoms with Gasteiger partial charge in [0.05, 0.1) is 11.1 Å². The van der Waals surface area contributed by atoms with Crippen LogP contribution in [0.2, 0.25) is 0 Å². The minimum absolute atomic E-state index is 0.120. The second kappa shape index (κ2) is 5.13. The SMILES string of the molecule is N#COC(=O)c1ccc(C(=O)OC#N)cc1. The van der Waals surface area contributed by atoms with E-state index in [1.807, 2.05) is 0 Å². The highest BCUT2D eigenvalue weighted by molar-refractivity contribution is 5.93. The van der Waals surface area contributed by atoms with Crippen LogP contribution in [0.4, 0.5) is 0 Å². The van der Waals surface area contributed by atoms with Crippen molar-refractivity contribution in [3.05, 3.63) is 35.4 Å². The smallest absolute Gasteiger partial charge is 0.347 e. The molecule has 0 radical (unpaired) electrons. The van der Waals surface area contributed by atoms with Gasteiger partial charge in [-0.25, -0.2) is 9.59 Å². The lowest BCUT2D eigenvalue weighted by atomic mass is 10.1. The Morgan fingerprint density at radius 3 is 1.44 bits per heavy atom. The van der Waals surface area contributed by atoms with Crippen molar-refractivity contribution in [2.24, 2.45) is 0 Å². The van der Waals surface area contributed by atoms with Gasteiger partial charge in [-0.1, -0.05) is 0 Å². The highest BCUT2D eigenvalue weighted by Crippen LogP contribution is 2.07. The molecule has 0 N–H and O–H groups in total. The third-order valence-corrected chi connectivity index (χ3v) is 1.63. The van der Waals surface area contributed by atoms with E-state index in [-0.39, 0.29) is 11.1 Å². The Balaban J connectivity index is 2.84. The molecule has 0 amide bonds. The van der Waals surface area contributed by atoms with Crippen LogP contribution in [0.3, 0.4) is 0 Å². The van der Waals surface area contributed by atoms with Crippen LogP contribution < -0.4 is 0 Å². The van der Waals surface area contributed by atoms with Crippen molar-refractivity contribution in [2.45, 2.75) is 0 Å². The molecule has 0 fully saturated rings. The van der Waals surface area contributed by atoms with Crippen molar-refractivity contribution in [3.8, 4) is 12.5 Å². The summed E-state index contributed by atoms with van der Waals surface area (Å²) in [4.78, 5) is 22.1. The Morgan fingerprint density at radius 1 is 0.875 bits per heavy atom. The summed E-state index contributed by atoms with van der Waals surface area (Å²) < 4.78 is 8.15. The molecule has 0 bridgehead atoms. The van der Waals surface area contributed by atoms with E-state index < -0.39 is 11.9 Å². The van der Waals surface area contributed by atoms with Crippen molar-refractivity contribution in [3.63, 3.8) is 0 Å². The Morgan fingerprint density at radius 2 is 1.19 bits per heavy atom. The van der Waals surface area contributed by atoms with Gasteiger partial charge in [0.1, 0.15) is 0 Å². The summed E-state index contributed by atoms with van der Waals surface area (Å²) in [5.41, 5.74) is 0.241. The van der Waals surface area contributed by atoms with Gasteiger partial charge in [0.25, 0.3) is 12.5 Å². The van der Waals surface area contributed by atoms with Crippen LogP contribution in [0.1, 0.15) is 20.7 Å². The molecule has 16 heavy (non-hydrogen) atoms. The van der Waals surface area contributed by atoms with E-state index in [1.165, 1.54) is 36.8 Å². The number of benzene rings is 1. The van der Waals surface area contributed by atoms with Gasteiger partial charge >= 0.3 is 11.9 Å². The summed E-state index contributed by atoms with van der Waals surface area (Å²) in [6, 6.07) is 5.14. The molecule has 0 aliphatic rings. The molecule has 0 atom stereocenters. The van der Waals surface area contributed by atoms with Gasteiger partial charge in [0, 0.05) is 0 Å². The monoisotopic (exact) mass is 216 g/mol. The number of carbonyl (C=O) groups is 2. The maximum Gasteiger partial charge on any atom is 0.353 e. The fourth-order valence-corrected chi connectivity index (χ4v) is 0.943.